The number of hydrogen-bond acceptors (Lipinski definition) is 2. The summed E-state index contributed by atoms with van der Waals surface area (Å²) in [6.45, 7) is 1.67. The largest absolute Gasteiger partial charge is 0.356 e. The molecule has 0 radical (unpaired) electrons. The Balaban J connectivity index is 1.30. The fraction of sp³-hybridized carbons (Fsp3) is 0.333. The summed E-state index contributed by atoms with van der Waals surface area (Å²) >= 11 is 3.69. The molecule has 0 saturated heterocycles. The first-order valence-electron chi connectivity index (χ1n) is 9.33. The fourth-order valence-electron chi connectivity index (χ4n) is 3.48. The monoisotopic (exact) mass is 425 g/mol. The van der Waals surface area contributed by atoms with E-state index in [4.69, 9.17) is 0 Å². The smallest absolute Gasteiger partial charge is 0.191 e. The Kier molecular flexibility index (Phi) is 5.16. The summed E-state index contributed by atoms with van der Waals surface area (Å²) in [4.78, 5) is 12.3. The Morgan fingerprint density at radius 2 is 1.93 bits per heavy atom. The van der Waals surface area contributed by atoms with Crippen molar-refractivity contribution < 1.29 is 0 Å². The maximum absolute atomic E-state index is 4.62. The number of aromatic nitrogens is 2. The van der Waals surface area contributed by atoms with Crippen molar-refractivity contribution in [2.45, 2.75) is 24.7 Å². The number of imidazole rings is 1. The van der Waals surface area contributed by atoms with Crippen LogP contribution in [0.1, 0.15) is 24.2 Å². The highest BCUT2D eigenvalue weighted by atomic mass is 79.9. The van der Waals surface area contributed by atoms with Gasteiger partial charge in [-0.2, -0.15) is 0 Å². The summed E-state index contributed by atoms with van der Waals surface area (Å²) < 4.78 is 1.19. The molecule has 1 fully saturated rings. The fourth-order valence-corrected chi connectivity index (χ4v) is 4.19. The minimum atomic E-state index is 0.219. The van der Waals surface area contributed by atoms with Crippen LogP contribution in [0.2, 0.25) is 0 Å². The van der Waals surface area contributed by atoms with Gasteiger partial charge >= 0.3 is 0 Å². The molecule has 2 aromatic carbocycles. The van der Waals surface area contributed by atoms with Crippen LogP contribution in [-0.2, 0) is 11.8 Å². The molecule has 1 aliphatic rings. The third kappa shape index (κ3) is 4.00. The van der Waals surface area contributed by atoms with Gasteiger partial charge in [-0.1, -0.05) is 46.3 Å². The summed E-state index contributed by atoms with van der Waals surface area (Å²) in [6.07, 6.45) is 3.24. The molecule has 0 amide bonds. The molecular weight excluding hydrogens is 402 g/mol. The lowest BCUT2D eigenvalue weighted by molar-refractivity contribution is 0.642. The maximum Gasteiger partial charge on any atom is 0.191 e. The Morgan fingerprint density at radius 1 is 1.15 bits per heavy atom. The van der Waals surface area contributed by atoms with Gasteiger partial charge in [-0.15, -0.1) is 0 Å². The van der Waals surface area contributed by atoms with E-state index in [9.17, 15) is 0 Å². The molecule has 1 aliphatic carbocycles. The Labute approximate surface area is 167 Å². The van der Waals surface area contributed by atoms with Crippen LogP contribution in [0.4, 0.5) is 0 Å². The van der Waals surface area contributed by atoms with Crippen molar-refractivity contribution in [1.29, 1.82) is 0 Å². The van der Waals surface area contributed by atoms with E-state index in [-0.39, 0.29) is 5.41 Å². The van der Waals surface area contributed by atoms with E-state index >= 15 is 0 Å². The van der Waals surface area contributed by atoms with Crippen LogP contribution >= 0.6 is 15.9 Å². The van der Waals surface area contributed by atoms with Crippen LogP contribution in [0, 0.1) is 0 Å². The van der Waals surface area contributed by atoms with Gasteiger partial charge in [0.05, 0.1) is 11.0 Å². The number of nitrogens with one attached hydrogen (secondary N) is 3. The topological polar surface area (TPSA) is 65.1 Å². The number of nitrogens with zero attached hydrogens (tertiary/aromatic N) is 2. The number of rotatable bonds is 6. The highest BCUT2D eigenvalue weighted by Crippen LogP contribution is 2.49. The molecule has 27 heavy (non-hydrogen) atoms. The van der Waals surface area contributed by atoms with Gasteiger partial charge in [-0.05, 0) is 36.6 Å². The quantitative estimate of drug-likeness (QED) is 0.416. The van der Waals surface area contributed by atoms with E-state index in [1.807, 2.05) is 25.2 Å². The van der Waals surface area contributed by atoms with Crippen molar-refractivity contribution in [2.75, 3.05) is 20.1 Å². The van der Waals surface area contributed by atoms with Gasteiger partial charge in [0.2, 0.25) is 0 Å². The van der Waals surface area contributed by atoms with Gasteiger partial charge in [0.1, 0.15) is 5.82 Å². The van der Waals surface area contributed by atoms with E-state index in [1.165, 1.54) is 22.9 Å². The molecule has 0 atom stereocenters. The summed E-state index contributed by atoms with van der Waals surface area (Å²) in [5.41, 5.74) is 3.70. The highest BCUT2D eigenvalue weighted by molar-refractivity contribution is 9.10. The molecular formula is C21H24BrN5. The van der Waals surface area contributed by atoms with Crippen molar-refractivity contribution in [3.63, 3.8) is 0 Å². The van der Waals surface area contributed by atoms with Crippen molar-refractivity contribution in [3.8, 4) is 0 Å². The molecule has 0 bridgehead atoms. The van der Waals surface area contributed by atoms with Crippen LogP contribution in [0.15, 0.2) is 58.0 Å². The van der Waals surface area contributed by atoms with E-state index in [1.54, 1.807) is 0 Å². The van der Waals surface area contributed by atoms with E-state index in [0.29, 0.717) is 0 Å². The standard InChI is InChI=1S/C21H24BrN5/c1-23-20(24-13-10-19-26-17-8-4-5-9-18(17)27-19)25-14-21(11-12-21)15-6-2-3-7-16(15)22/h2-9H,10-14H2,1H3,(H,26,27)(H2,23,24,25). The zero-order chi connectivity index (χ0) is 18.7. The average Bonchev–Trinajstić information content (AvgIpc) is 3.35. The Hall–Kier alpha value is -2.34. The summed E-state index contributed by atoms with van der Waals surface area (Å²) in [6, 6.07) is 16.6. The maximum atomic E-state index is 4.62. The van der Waals surface area contributed by atoms with Crippen molar-refractivity contribution in [3.05, 3.63) is 64.4 Å². The van der Waals surface area contributed by atoms with Gasteiger partial charge in [-0.25, -0.2) is 4.98 Å². The number of fused-ring (bicyclic) bond motifs is 1. The van der Waals surface area contributed by atoms with Gasteiger partial charge < -0.3 is 15.6 Å². The second-order valence-corrected chi connectivity index (χ2v) is 7.92. The number of hydrogen-bond donors (Lipinski definition) is 3. The second-order valence-electron chi connectivity index (χ2n) is 7.06. The van der Waals surface area contributed by atoms with E-state index in [2.05, 4.69) is 71.9 Å². The van der Waals surface area contributed by atoms with E-state index < -0.39 is 0 Å². The summed E-state index contributed by atoms with van der Waals surface area (Å²) in [5, 5.41) is 6.89. The first kappa shape index (κ1) is 18.0. The van der Waals surface area contributed by atoms with Crippen LogP contribution in [0.5, 0.6) is 0 Å². The Morgan fingerprint density at radius 3 is 2.67 bits per heavy atom. The molecule has 1 heterocycles. The lowest BCUT2D eigenvalue weighted by atomic mass is 9.96. The molecule has 0 aliphatic heterocycles. The predicted octanol–water partition coefficient (Wildman–Crippen LogP) is 3.76. The average molecular weight is 426 g/mol. The third-order valence-electron chi connectivity index (χ3n) is 5.21. The molecule has 6 heteroatoms. The van der Waals surface area contributed by atoms with Crippen molar-refractivity contribution >= 4 is 32.9 Å². The third-order valence-corrected chi connectivity index (χ3v) is 5.90. The van der Waals surface area contributed by atoms with Crippen LogP contribution < -0.4 is 10.6 Å². The van der Waals surface area contributed by atoms with Crippen LogP contribution in [-0.4, -0.2) is 36.1 Å². The zero-order valence-electron chi connectivity index (χ0n) is 15.4. The van der Waals surface area contributed by atoms with Gasteiger partial charge in [0.15, 0.2) is 5.96 Å². The minimum Gasteiger partial charge on any atom is -0.356 e. The molecule has 4 rings (SSSR count). The molecule has 3 N–H and O–H groups in total. The number of aromatic amines is 1. The first-order valence-corrected chi connectivity index (χ1v) is 10.1. The number of H-pyrrole nitrogens is 1. The predicted molar refractivity (Wildman–Crippen MR) is 114 cm³/mol. The van der Waals surface area contributed by atoms with Gasteiger partial charge in [0.25, 0.3) is 0 Å². The number of benzene rings is 2. The number of aliphatic imine (C=N–C) groups is 1. The van der Waals surface area contributed by atoms with Crippen LogP contribution in [0.25, 0.3) is 11.0 Å². The number of para-hydroxylation sites is 2. The normalized spacial score (nSPS) is 15.7. The first-order chi connectivity index (χ1) is 13.2. The number of halogens is 1. The van der Waals surface area contributed by atoms with Crippen molar-refractivity contribution in [1.82, 2.24) is 20.6 Å². The summed E-state index contributed by atoms with van der Waals surface area (Å²) in [5.74, 6) is 1.83. The number of guanidine groups is 1. The van der Waals surface area contributed by atoms with Crippen molar-refractivity contribution in [2.24, 2.45) is 4.99 Å². The second kappa shape index (κ2) is 7.72. The molecule has 140 valence electrons. The summed E-state index contributed by atoms with van der Waals surface area (Å²) in [7, 11) is 1.81. The highest BCUT2D eigenvalue weighted by Gasteiger charge is 2.45. The lowest BCUT2D eigenvalue weighted by Crippen LogP contribution is -2.42. The molecule has 0 spiro atoms. The molecule has 3 aromatic rings. The lowest BCUT2D eigenvalue weighted by Gasteiger charge is -2.20. The molecule has 5 nitrogen and oxygen atoms in total. The molecule has 0 unspecified atom stereocenters. The Bertz CT molecular complexity index is 925. The SMILES string of the molecule is CN=C(NCCc1nc2ccccc2[nH]1)NCC1(c2ccccc2Br)CC1. The van der Waals surface area contributed by atoms with Crippen LogP contribution in [0.3, 0.4) is 0 Å². The minimum absolute atomic E-state index is 0.219. The zero-order valence-corrected chi connectivity index (χ0v) is 17.0. The van der Waals surface area contributed by atoms with Gasteiger partial charge in [-0.3, -0.25) is 4.99 Å². The molecule has 1 saturated carbocycles. The van der Waals surface area contributed by atoms with E-state index in [0.717, 1.165) is 42.3 Å². The van der Waals surface area contributed by atoms with Gasteiger partial charge in [0, 0.05) is 36.4 Å². The molecule has 1 aromatic heterocycles.